The molecule has 0 saturated heterocycles. The Morgan fingerprint density at radius 3 is 2.45 bits per heavy atom. The highest BCUT2D eigenvalue weighted by Crippen LogP contribution is 2.29. The normalized spacial score (nSPS) is 15.7. The zero-order chi connectivity index (χ0) is 29.7. The molecule has 1 aliphatic carbocycles. The van der Waals surface area contributed by atoms with Gasteiger partial charge in [0, 0.05) is 11.5 Å². The summed E-state index contributed by atoms with van der Waals surface area (Å²) in [6, 6.07) is 25.5. The van der Waals surface area contributed by atoms with Gasteiger partial charge in [-0.15, -0.1) is 11.3 Å². The van der Waals surface area contributed by atoms with Gasteiger partial charge in [0.2, 0.25) is 5.91 Å². The van der Waals surface area contributed by atoms with E-state index in [4.69, 9.17) is 4.74 Å². The largest absolute Gasteiger partial charge is 0.489 e. The molecule has 1 atom stereocenters. The minimum Gasteiger partial charge on any atom is -0.489 e. The molecule has 0 saturated carbocycles. The number of aromatic nitrogens is 1. The van der Waals surface area contributed by atoms with E-state index in [1.165, 1.54) is 27.5 Å². The average Bonchev–Trinajstić information content (AvgIpc) is 3.25. The topological polar surface area (TPSA) is 77.4 Å². The monoisotopic (exact) mass is 580 g/mol. The summed E-state index contributed by atoms with van der Waals surface area (Å²) in [4.78, 5) is 39.8. The van der Waals surface area contributed by atoms with E-state index in [2.05, 4.69) is 17.4 Å². The molecule has 1 aliphatic rings. The van der Waals surface area contributed by atoms with Crippen LogP contribution in [0.2, 0.25) is 0 Å². The number of ketones is 1. The molecule has 0 radical (unpaired) electrons. The molecule has 4 aromatic rings. The number of amides is 1. The van der Waals surface area contributed by atoms with E-state index in [1.807, 2.05) is 87.5 Å². The second-order valence-electron chi connectivity index (χ2n) is 11.7. The molecule has 216 valence electrons. The number of Topliss-reactive ketones (excluding diaryl/α,β-unsaturated/α-hetero) is 1. The minimum atomic E-state index is -0.613. The number of rotatable bonds is 8. The van der Waals surface area contributed by atoms with E-state index in [-0.39, 0.29) is 29.8 Å². The standard InChI is InChI=1S/C35H36N2O4S/c1-35(2,3)31(38)21-33-37(22-32(39)36-29-15-9-13-26-12-7-8-14-28(26)29)34(40)30(42-33)20-24-16-18-27(19-17-24)41-23-25-10-5-4-6-11-25/h4-8,10-12,14,16-21,29H,9,13,15,22-23H2,1-3H3,(H,36,39)/b30-20-,33-21-. The molecular weight excluding hydrogens is 544 g/mol. The molecule has 0 aliphatic heterocycles. The van der Waals surface area contributed by atoms with Crippen molar-refractivity contribution in [2.45, 2.75) is 59.2 Å². The van der Waals surface area contributed by atoms with Crippen LogP contribution in [0.4, 0.5) is 0 Å². The van der Waals surface area contributed by atoms with Crippen LogP contribution < -0.4 is 24.8 Å². The van der Waals surface area contributed by atoms with Gasteiger partial charge in [-0.25, -0.2) is 0 Å². The van der Waals surface area contributed by atoms with Gasteiger partial charge < -0.3 is 10.1 Å². The molecule has 1 unspecified atom stereocenters. The summed E-state index contributed by atoms with van der Waals surface area (Å²) < 4.78 is 8.22. The van der Waals surface area contributed by atoms with E-state index in [1.54, 1.807) is 6.08 Å². The van der Waals surface area contributed by atoms with Crippen LogP contribution in [0.1, 0.15) is 61.9 Å². The molecule has 0 bridgehead atoms. The van der Waals surface area contributed by atoms with Crippen molar-refractivity contribution in [3.63, 3.8) is 0 Å². The fourth-order valence-electron chi connectivity index (χ4n) is 4.96. The third-order valence-corrected chi connectivity index (χ3v) is 8.42. The first-order valence-electron chi connectivity index (χ1n) is 14.3. The van der Waals surface area contributed by atoms with Crippen LogP contribution >= 0.6 is 11.3 Å². The number of hydrogen-bond acceptors (Lipinski definition) is 5. The van der Waals surface area contributed by atoms with Crippen LogP contribution in [0.25, 0.3) is 12.2 Å². The Kier molecular flexibility index (Phi) is 8.88. The molecule has 6 nitrogen and oxygen atoms in total. The Morgan fingerprint density at radius 1 is 1.00 bits per heavy atom. The van der Waals surface area contributed by atoms with E-state index < -0.39 is 5.41 Å². The van der Waals surface area contributed by atoms with Crippen molar-refractivity contribution >= 4 is 35.2 Å². The summed E-state index contributed by atoms with van der Waals surface area (Å²) in [6.45, 7) is 5.82. The number of carbonyl (C=O) groups excluding carboxylic acids is 2. The number of nitrogens with zero attached hydrogens (tertiary/aromatic N) is 1. The van der Waals surface area contributed by atoms with Crippen molar-refractivity contribution in [2.75, 3.05) is 0 Å². The molecule has 5 rings (SSSR count). The Balaban J connectivity index is 1.40. The SMILES string of the molecule is CC(C)(C)C(=O)/C=c1\s/c(=C\c2ccc(OCc3ccccc3)cc2)c(=O)n1CC(=O)NC1CCCc2ccccc21. The first-order valence-corrected chi connectivity index (χ1v) is 15.1. The molecule has 1 heterocycles. The smallest absolute Gasteiger partial charge is 0.269 e. The maximum atomic E-state index is 13.6. The number of hydrogen-bond donors (Lipinski definition) is 1. The lowest BCUT2D eigenvalue weighted by molar-refractivity contribution is -0.123. The van der Waals surface area contributed by atoms with Crippen molar-refractivity contribution in [2.24, 2.45) is 5.41 Å². The van der Waals surface area contributed by atoms with Gasteiger partial charge in [-0.3, -0.25) is 19.0 Å². The highest BCUT2D eigenvalue weighted by atomic mass is 32.1. The van der Waals surface area contributed by atoms with Gasteiger partial charge in [0.15, 0.2) is 5.78 Å². The first kappa shape index (κ1) is 29.3. The molecular formula is C35H36N2O4S. The Bertz CT molecular complexity index is 1750. The number of carbonyl (C=O) groups is 2. The van der Waals surface area contributed by atoms with Crippen LogP contribution in [0.15, 0.2) is 83.7 Å². The van der Waals surface area contributed by atoms with Gasteiger partial charge in [0.1, 0.15) is 23.6 Å². The van der Waals surface area contributed by atoms with Gasteiger partial charge in [-0.1, -0.05) is 87.5 Å². The van der Waals surface area contributed by atoms with Gasteiger partial charge >= 0.3 is 0 Å². The third-order valence-electron chi connectivity index (χ3n) is 7.36. The average molecular weight is 581 g/mol. The van der Waals surface area contributed by atoms with Crippen molar-refractivity contribution in [1.29, 1.82) is 0 Å². The van der Waals surface area contributed by atoms with Crippen molar-refractivity contribution in [3.8, 4) is 5.75 Å². The Labute approximate surface area is 250 Å². The van der Waals surface area contributed by atoms with Crippen LogP contribution in [0.3, 0.4) is 0 Å². The summed E-state index contributed by atoms with van der Waals surface area (Å²) in [5.41, 5.74) is 3.38. The maximum absolute atomic E-state index is 13.6. The lowest BCUT2D eigenvalue weighted by Gasteiger charge is -2.26. The number of nitrogens with one attached hydrogen (secondary N) is 1. The Morgan fingerprint density at radius 2 is 1.71 bits per heavy atom. The quantitative estimate of drug-likeness (QED) is 0.322. The van der Waals surface area contributed by atoms with Gasteiger partial charge in [0.25, 0.3) is 5.56 Å². The van der Waals surface area contributed by atoms with Gasteiger partial charge in [0.05, 0.1) is 10.6 Å². The summed E-state index contributed by atoms with van der Waals surface area (Å²) in [5.74, 6) is 0.372. The molecule has 7 heteroatoms. The van der Waals surface area contributed by atoms with E-state index in [0.29, 0.717) is 15.8 Å². The lowest BCUT2D eigenvalue weighted by atomic mass is 9.88. The second kappa shape index (κ2) is 12.7. The predicted molar refractivity (Wildman–Crippen MR) is 168 cm³/mol. The van der Waals surface area contributed by atoms with E-state index >= 15 is 0 Å². The highest BCUT2D eigenvalue weighted by Gasteiger charge is 2.23. The summed E-state index contributed by atoms with van der Waals surface area (Å²) in [6.07, 6.45) is 6.13. The Hall–Kier alpha value is -4.23. The summed E-state index contributed by atoms with van der Waals surface area (Å²) in [5, 5.41) is 3.13. The highest BCUT2D eigenvalue weighted by molar-refractivity contribution is 7.07. The van der Waals surface area contributed by atoms with Crippen molar-refractivity contribution < 1.29 is 14.3 Å². The molecule has 0 spiro atoms. The second-order valence-corrected chi connectivity index (χ2v) is 12.7. The fourth-order valence-corrected chi connectivity index (χ4v) is 6.00. The maximum Gasteiger partial charge on any atom is 0.269 e. The zero-order valence-electron chi connectivity index (χ0n) is 24.3. The van der Waals surface area contributed by atoms with Crippen molar-refractivity contribution in [3.05, 3.63) is 121 Å². The molecule has 0 fully saturated rings. The van der Waals surface area contributed by atoms with Crippen LogP contribution in [-0.4, -0.2) is 16.3 Å². The lowest BCUT2D eigenvalue weighted by Crippen LogP contribution is -2.40. The molecule has 1 aromatic heterocycles. The van der Waals surface area contributed by atoms with Gasteiger partial charge in [-0.05, 0) is 59.7 Å². The number of fused-ring (bicyclic) bond motifs is 1. The van der Waals surface area contributed by atoms with Crippen LogP contribution in [0, 0.1) is 5.41 Å². The number of ether oxygens (including phenoxy) is 1. The zero-order valence-corrected chi connectivity index (χ0v) is 25.1. The third kappa shape index (κ3) is 7.15. The van der Waals surface area contributed by atoms with E-state index in [9.17, 15) is 14.4 Å². The minimum absolute atomic E-state index is 0.0888. The molecule has 1 N–H and O–H groups in total. The van der Waals surface area contributed by atoms with Crippen molar-refractivity contribution in [1.82, 2.24) is 9.88 Å². The van der Waals surface area contributed by atoms with Crippen LogP contribution in [-0.2, 0) is 29.2 Å². The first-order chi connectivity index (χ1) is 20.2. The summed E-state index contributed by atoms with van der Waals surface area (Å²) >= 11 is 1.22. The predicted octanol–water partition coefficient (Wildman–Crippen LogP) is 4.91. The number of aryl methyl sites for hydroxylation is 1. The molecule has 1 amide bonds. The van der Waals surface area contributed by atoms with Gasteiger partial charge in [-0.2, -0.15) is 0 Å². The molecule has 3 aromatic carbocycles. The number of thiazole rings is 1. The molecule has 42 heavy (non-hydrogen) atoms. The number of benzene rings is 3. The van der Waals surface area contributed by atoms with Crippen LogP contribution in [0.5, 0.6) is 5.75 Å². The fraction of sp³-hybridized carbons (Fsp3) is 0.286. The summed E-state index contributed by atoms with van der Waals surface area (Å²) in [7, 11) is 0. The van der Waals surface area contributed by atoms with E-state index in [0.717, 1.165) is 41.7 Å².